The molecule has 15 heavy (non-hydrogen) atoms. The molecule has 1 aliphatic rings. The highest BCUT2D eigenvalue weighted by Crippen LogP contribution is 2.34. The Kier molecular flexibility index (Phi) is 2.87. The van der Waals surface area contributed by atoms with Crippen LogP contribution in [0.1, 0.15) is 15.9 Å². The SMILES string of the molecule is CNCCc1cc2c(cc1C=O)OCO2. The molecule has 0 radical (unpaired) electrons. The van der Waals surface area contributed by atoms with Gasteiger partial charge in [0.15, 0.2) is 11.5 Å². The van der Waals surface area contributed by atoms with Crippen LogP contribution in [0.4, 0.5) is 0 Å². The number of rotatable bonds is 4. The number of hydrogen-bond donors (Lipinski definition) is 1. The van der Waals surface area contributed by atoms with Crippen LogP contribution in [0.5, 0.6) is 11.5 Å². The summed E-state index contributed by atoms with van der Waals surface area (Å²) in [7, 11) is 1.88. The second-order valence-corrected chi connectivity index (χ2v) is 3.38. The normalized spacial score (nSPS) is 12.9. The average molecular weight is 207 g/mol. The second-order valence-electron chi connectivity index (χ2n) is 3.38. The number of carbonyl (C=O) groups excluding carboxylic acids is 1. The van der Waals surface area contributed by atoms with Gasteiger partial charge in [0.05, 0.1) is 0 Å². The van der Waals surface area contributed by atoms with Crippen LogP contribution >= 0.6 is 0 Å². The standard InChI is InChI=1S/C11H13NO3/c1-12-3-2-8-4-10-11(15-7-14-10)5-9(8)6-13/h4-6,12H,2-3,7H2,1H3. The van der Waals surface area contributed by atoms with Gasteiger partial charge >= 0.3 is 0 Å². The summed E-state index contributed by atoms with van der Waals surface area (Å²) in [6, 6.07) is 3.61. The van der Waals surface area contributed by atoms with E-state index in [1.165, 1.54) is 0 Å². The minimum atomic E-state index is 0.239. The number of nitrogens with one attached hydrogen (secondary N) is 1. The molecule has 1 aromatic carbocycles. The first-order valence-electron chi connectivity index (χ1n) is 4.87. The molecule has 80 valence electrons. The first kappa shape index (κ1) is 9.98. The Morgan fingerprint density at radius 3 is 2.80 bits per heavy atom. The predicted molar refractivity (Wildman–Crippen MR) is 55.6 cm³/mol. The van der Waals surface area contributed by atoms with Crippen molar-refractivity contribution in [2.24, 2.45) is 0 Å². The number of carbonyl (C=O) groups is 1. The molecule has 1 N–H and O–H groups in total. The summed E-state index contributed by atoms with van der Waals surface area (Å²) in [5.41, 5.74) is 1.66. The van der Waals surface area contributed by atoms with E-state index in [4.69, 9.17) is 9.47 Å². The fraction of sp³-hybridized carbons (Fsp3) is 0.364. The maximum absolute atomic E-state index is 10.9. The Morgan fingerprint density at radius 1 is 1.40 bits per heavy atom. The molecule has 1 aromatic rings. The topological polar surface area (TPSA) is 47.6 Å². The third kappa shape index (κ3) is 1.94. The highest BCUT2D eigenvalue weighted by atomic mass is 16.7. The number of hydrogen-bond acceptors (Lipinski definition) is 4. The van der Waals surface area contributed by atoms with Gasteiger partial charge in [-0.25, -0.2) is 0 Å². The van der Waals surface area contributed by atoms with Crippen molar-refractivity contribution in [1.82, 2.24) is 5.32 Å². The summed E-state index contributed by atoms with van der Waals surface area (Å²) in [6.07, 6.45) is 1.66. The molecule has 1 heterocycles. The van der Waals surface area contributed by atoms with E-state index in [0.29, 0.717) is 11.3 Å². The summed E-state index contributed by atoms with van der Waals surface area (Å²) >= 11 is 0. The van der Waals surface area contributed by atoms with Gasteiger partial charge in [-0.2, -0.15) is 0 Å². The van der Waals surface area contributed by atoms with Crippen molar-refractivity contribution in [2.45, 2.75) is 6.42 Å². The van der Waals surface area contributed by atoms with E-state index >= 15 is 0 Å². The fourth-order valence-electron chi connectivity index (χ4n) is 1.59. The first-order chi connectivity index (χ1) is 7.35. The molecule has 2 rings (SSSR count). The summed E-state index contributed by atoms with van der Waals surface area (Å²) in [4.78, 5) is 10.9. The fourth-order valence-corrected chi connectivity index (χ4v) is 1.59. The minimum Gasteiger partial charge on any atom is -0.454 e. The van der Waals surface area contributed by atoms with Crippen LogP contribution in [-0.2, 0) is 6.42 Å². The lowest BCUT2D eigenvalue weighted by atomic mass is 10.0. The van der Waals surface area contributed by atoms with Crippen molar-refractivity contribution in [2.75, 3.05) is 20.4 Å². The summed E-state index contributed by atoms with van der Waals surface area (Å²) in [6.45, 7) is 1.07. The zero-order valence-electron chi connectivity index (χ0n) is 8.58. The van der Waals surface area contributed by atoms with Crippen LogP contribution in [0, 0.1) is 0 Å². The number of likely N-dealkylation sites (N-methyl/N-ethyl adjacent to an activating group) is 1. The maximum Gasteiger partial charge on any atom is 0.231 e. The van der Waals surface area contributed by atoms with Gasteiger partial charge in [-0.05, 0) is 37.7 Å². The Hall–Kier alpha value is -1.55. The third-order valence-electron chi connectivity index (χ3n) is 2.41. The van der Waals surface area contributed by atoms with Crippen molar-refractivity contribution in [3.8, 4) is 11.5 Å². The van der Waals surface area contributed by atoms with Crippen molar-refractivity contribution >= 4 is 6.29 Å². The molecule has 0 saturated heterocycles. The lowest BCUT2D eigenvalue weighted by molar-refractivity contribution is 0.112. The smallest absolute Gasteiger partial charge is 0.231 e. The predicted octanol–water partition coefficient (Wildman–Crippen LogP) is 0.990. The largest absolute Gasteiger partial charge is 0.454 e. The molecular formula is C11H13NO3. The van der Waals surface area contributed by atoms with Crippen LogP contribution in [0.15, 0.2) is 12.1 Å². The van der Waals surface area contributed by atoms with E-state index in [9.17, 15) is 4.79 Å². The molecule has 0 bridgehead atoms. The van der Waals surface area contributed by atoms with Gasteiger partial charge in [0, 0.05) is 5.56 Å². The molecule has 4 heteroatoms. The van der Waals surface area contributed by atoms with Gasteiger partial charge in [0.2, 0.25) is 6.79 Å². The van der Waals surface area contributed by atoms with Crippen LogP contribution < -0.4 is 14.8 Å². The number of benzene rings is 1. The molecule has 0 aromatic heterocycles. The van der Waals surface area contributed by atoms with Crippen LogP contribution in [0.25, 0.3) is 0 Å². The molecule has 0 aliphatic carbocycles. The highest BCUT2D eigenvalue weighted by molar-refractivity contribution is 5.79. The van der Waals surface area contributed by atoms with Gasteiger partial charge in [-0.15, -0.1) is 0 Å². The van der Waals surface area contributed by atoms with E-state index in [-0.39, 0.29) is 6.79 Å². The summed E-state index contributed by atoms with van der Waals surface area (Å²) in [5.74, 6) is 1.39. The van der Waals surface area contributed by atoms with Gasteiger partial charge < -0.3 is 14.8 Å². The van der Waals surface area contributed by atoms with E-state index < -0.39 is 0 Å². The van der Waals surface area contributed by atoms with E-state index in [0.717, 1.165) is 30.6 Å². The molecule has 0 saturated carbocycles. The summed E-state index contributed by atoms with van der Waals surface area (Å²) < 4.78 is 10.5. The Balaban J connectivity index is 2.31. The molecule has 0 atom stereocenters. The van der Waals surface area contributed by atoms with Crippen molar-refractivity contribution in [1.29, 1.82) is 0 Å². The molecule has 0 fully saturated rings. The first-order valence-corrected chi connectivity index (χ1v) is 4.87. The van der Waals surface area contributed by atoms with Gasteiger partial charge in [-0.1, -0.05) is 0 Å². The lowest BCUT2D eigenvalue weighted by Gasteiger charge is -2.06. The third-order valence-corrected chi connectivity index (χ3v) is 2.41. The summed E-state index contributed by atoms with van der Waals surface area (Å²) in [5, 5.41) is 3.05. The second kappa shape index (κ2) is 4.31. The van der Waals surface area contributed by atoms with Crippen molar-refractivity contribution < 1.29 is 14.3 Å². The van der Waals surface area contributed by atoms with Gasteiger partial charge in [0.1, 0.15) is 6.29 Å². The molecular weight excluding hydrogens is 194 g/mol. The molecule has 4 nitrogen and oxygen atoms in total. The Labute approximate surface area is 88.2 Å². The molecule has 1 aliphatic heterocycles. The molecule has 0 unspecified atom stereocenters. The van der Waals surface area contributed by atoms with E-state index in [1.54, 1.807) is 6.07 Å². The molecule has 0 spiro atoms. The van der Waals surface area contributed by atoms with Gasteiger partial charge in [-0.3, -0.25) is 4.79 Å². The monoisotopic (exact) mass is 207 g/mol. The van der Waals surface area contributed by atoms with Crippen molar-refractivity contribution in [3.05, 3.63) is 23.3 Å². The number of aldehydes is 1. The van der Waals surface area contributed by atoms with Crippen LogP contribution in [0.2, 0.25) is 0 Å². The number of fused-ring (bicyclic) bond motifs is 1. The van der Waals surface area contributed by atoms with Crippen LogP contribution in [0.3, 0.4) is 0 Å². The lowest BCUT2D eigenvalue weighted by Crippen LogP contribution is -2.11. The highest BCUT2D eigenvalue weighted by Gasteiger charge is 2.16. The minimum absolute atomic E-state index is 0.239. The maximum atomic E-state index is 10.9. The Morgan fingerprint density at radius 2 is 2.13 bits per heavy atom. The molecule has 0 amide bonds. The average Bonchev–Trinajstić information content (AvgIpc) is 2.71. The zero-order chi connectivity index (χ0) is 10.7. The van der Waals surface area contributed by atoms with E-state index in [2.05, 4.69) is 5.32 Å². The van der Waals surface area contributed by atoms with Gasteiger partial charge in [0.25, 0.3) is 0 Å². The van der Waals surface area contributed by atoms with Crippen LogP contribution in [-0.4, -0.2) is 26.7 Å². The quantitative estimate of drug-likeness (QED) is 0.748. The Bertz CT molecular complexity index is 376. The number of ether oxygens (including phenoxy) is 2. The van der Waals surface area contributed by atoms with Crippen molar-refractivity contribution in [3.63, 3.8) is 0 Å². The zero-order valence-corrected chi connectivity index (χ0v) is 8.58. The van der Waals surface area contributed by atoms with E-state index in [1.807, 2.05) is 13.1 Å².